The molecule has 1 aromatic heterocycles. The molecule has 1 aliphatic heterocycles. The topological polar surface area (TPSA) is 56.1 Å². The number of alkyl halides is 6. The molecule has 3 rings (SSSR count). The SMILES string of the molecule is O=C1NCCOC1Cc1cn(-c2cc(C(F)(F)F)cc(C(F)(F)F)c2)cn1. The molecule has 27 heavy (non-hydrogen) atoms. The maximum Gasteiger partial charge on any atom is 0.416 e. The minimum Gasteiger partial charge on any atom is -0.366 e. The lowest BCUT2D eigenvalue weighted by atomic mass is 10.1. The smallest absolute Gasteiger partial charge is 0.366 e. The van der Waals surface area contributed by atoms with Crippen LogP contribution in [0.1, 0.15) is 16.8 Å². The molecule has 1 aliphatic rings. The van der Waals surface area contributed by atoms with Gasteiger partial charge < -0.3 is 14.6 Å². The number of rotatable bonds is 3. The van der Waals surface area contributed by atoms with Crippen molar-refractivity contribution in [2.45, 2.75) is 24.9 Å². The highest BCUT2D eigenvalue weighted by Crippen LogP contribution is 2.37. The summed E-state index contributed by atoms with van der Waals surface area (Å²) in [5.41, 5.74) is -2.89. The molecule has 0 bridgehead atoms. The lowest BCUT2D eigenvalue weighted by molar-refractivity contribution is -0.143. The fourth-order valence-electron chi connectivity index (χ4n) is 2.60. The highest BCUT2D eigenvalue weighted by atomic mass is 19.4. The summed E-state index contributed by atoms with van der Waals surface area (Å²) in [6, 6.07) is 1.26. The van der Waals surface area contributed by atoms with Crippen molar-refractivity contribution in [1.82, 2.24) is 14.9 Å². The van der Waals surface area contributed by atoms with Crippen LogP contribution in [0.3, 0.4) is 0 Å². The zero-order valence-corrected chi connectivity index (χ0v) is 13.6. The number of halogens is 6. The van der Waals surface area contributed by atoms with Crippen LogP contribution in [0, 0.1) is 0 Å². The van der Waals surface area contributed by atoms with Crippen LogP contribution >= 0.6 is 0 Å². The van der Waals surface area contributed by atoms with Gasteiger partial charge in [-0.3, -0.25) is 4.79 Å². The molecule has 0 aliphatic carbocycles. The Bertz CT molecular complexity index is 811. The van der Waals surface area contributed by atoms with Gasteiger partial charge in [0.15, 0.2) is 0 Å². The molecule has 1 N–H and O–H groups in total. The third-order valence-electron chi connectivity index (χ3n) is 3.91. The molecule has 0 saturated carbocycles. The standard InChI is InChI=1S/C16H13F6N3O2/c17-15(18,19)9-3-10(16(20,21)22)5-12(4-9)25-7-11(24-8-25)6-13-14(26)23-1-2-27-13/h3-5,7-8,13H,1-2,6H2,(H,23,26). The average molecular weight is 393 g/mol. The fourth-order valence-corrected chi connectivity index (χ4v) is 2.60. The van der Waals surface area contributed by atoms with Gasteiger partial charge in [0.1, 0.15) is 6.10 Å². The Kier molecular flexibility index (Phi) is 4.89. The normalized spacial score (nSPS) is 18.4. The monoisotopic (exact) mass is 393 g/mol. The molecule has 146 valence electrons. The largest absolute Gasteiger partial charge is 0.416 e. The summed E-state index contributed by atoms with van der Waals surface area (Å²) in [5, 5.41) is 2.59. The van der Waals surface area contributed by atoms with E-state index in [4.69, 9.17) is 4.74 Å². The first-order chi connectivity index (χ1) is 12.5. The van der Waals surface area contributed by atoms with Gasteiger partial charge in [-0.2, -0.15) is 26.3 Å². The molecular weight excluding hydrogens is 380 g/mol. The molecule has 1 atom stereocenters. The first-order valence-electron chi connectivity index (χ1n) is 7.76. The van der Waals surface area contributed by atoms with E-state index in [2.05, 4.69) is 10.3 Å². The van der Waals surface area contributed by atoms with Gasteiger partial charge in [0, 0.05) is 24.8 Å². The van der Waals surface area contributed by atoms with E-state index in [0.717, 1.165) is 10.9 Å². The second kappa shape index (κ2) is 6.87. The van der Waals surface area contributed by atoms with Crippen LogP contribution < -0.4 is 5.32 Å². The van der Waals surface area contributed by atoms with Crippen molar-refractivity contribution in [1.29, 1.82) is 0 Å². The van der Waals surface area contributed by atoms with Gasteiger partial charge in [-0.05, 0) is 18.2 Å². The van der Waals surface area contributed by atoms with Crippen LogP contribution in [-0.2, 0) is 28.3 Å². The van der Waals surface area contributed by atoms with E-state index in [1.165, 1.54) is 6.20 Å². The van der Waals surface area contributed by atoms with Gasteiger partial charge >= 0.3 is 12.4 Å². The van der Waals surface area contributed by atoms with Crippen molar-refractivity contribution in [3.8, 4) is 5.69 Å². The number of nitrogens with one attached hydrogen (secondary N) is 1. The summed E-state index contributed by atoms with van der Waals surface area (Å²) in [5.74, 6) is -0.353. The van der Waals surface area contributed by atoms with E-state index in [0.29, 0.717) is 31.0 Å². The molecule has 2 heterocycles. The second-order valence-corrected chi connectivity index (χ2v) is 5.89. The third-order valence-corrected chi connectivity index (χ3v) is 3.91. The van der Waals surface area contributed by atoms with Crippen molar-refractivity contribution < 1.29 is 35.9 Å². The highest BCUT2D eigenvalue weighted by molar-refractivity contribution is 5.81. The number of carbonyl (C=O) groups excluding carboxylic acids is 1. The van der Waals surface area contributed by atoms with Crippen molar-refractivity contribution >= 4 is 5.91 Å². The molecule has 1 amide bonds. The lowest BCUT2D eigenvalue weighted by Gasteiger charge is -2.21. The number of benzene rings is 1. The fraction of sp³-hybridized carbons (Fsp3) is 0.375. The summed E-state index contributed by atoms with van der Waals surface area (Å²) in [6.07, 6.45) is -8.29. The summed E-state index contributed by atoms with van der Waals surface area (Å²) in [7, 11) is 0. The lowest BCUT2D eigenvalue weighted by Crippen LogP contribution is -2.45. The minimum absolute atomic E-state index is 0.0456. The Morgan fingerprint density at radius 3 is 2.30 bits per heavy atom. The minimum atomic E-state index is -4.94. The van der Waals surface area contributed by atoms with Crippen LogP contribution in [0.5, 0.6) is 0 Å². The van der Waals surface area contributed by atoms with Gasteiger partial charge in [-0.1, -0.05) is 0 Å². The summed E-state index contributed by atoms with van der Waals surface area (Å²) in [4.78, 5) is 15.6. The first kappa shape index (κ1) is 19.2. The van der Waals surface area contributed by atoms with Crippen LogP contribution in [0.4, 0.5) is 26.3 Å². The Morgan fingerprint density at radius 2 is 1.74 bits per heavy atom. The number of morpholine rings is 1. The molecule has 11 heteroatoms. The van der Waals surface area contributed by atoms with Crippen LogP contribution in [-0.4, -0.2) is 34.7 Å². The number of imidazole rings is 1. The average Bonchev–Trinajstić information content (AvgIpc) is 3.04. The zero-order chi connectivity index (χ0) is 19.8. The number of amides is 1. The predicted octanol–water partition coefficient (Wildman–Crippen LogP) is 2.97. The van der Waals surface area contributed by atoms with Gasteiger partial charge in [0.2, 0.25) is 5.91 Å². The Morgan fingerprint density at radius 1 is 1.11 bits per heavy atom. The van der Waals surface area contributed by atoms with E-state index >= 15 is 0 Å². The predicted molar refractivity (Wildman–Crippen MR) is 80.0 cm³/mol. The zero-order valence-electron chi connectivity index (χ0n) is 13.6. The van der Waals surface area contributed by atoms with E-state index < -0.39 is 29.6 Å². The summed E-state index contributed by atoms with van der Waals surface area (Å²) < 4.78 is 84.1. The van der Waals surface area contributed by atoms with Gasteiger partial charge in [-0.15, -0.1) is 0 Å². The molecule has 2 aromatic rings. The van der Waals surface area contributed by atoms with Crippen molar-refractivity contribution in [2.24, 2.45) is 0 Å². The number of carbonyl (C=O) groups is 1. The Balaban J connectivity index is 1.92. The van der Waals surface area contributed by atoms with E-state index in [9.17, 15) is 31.1 Å². The maximum absolute atomic E-state index is 13.0. The third kappa shape index (κ3) is 4.41. The van der Waals surface area contributed by atoms with Gasteiger partial charge in [0.25, 0.3) is 0 Å². The number of nitrogens with zero attached hydrogens (tertiary/aromatic N) is 2. The summed E-state index contributed by atoms with van der Waals surface area (Å²) in [6.45, 7) is 0.675. The number of aromatic nitrogens is 2. The molecule has 1 unspecified atom stereocenters. The highest BCUT2D eigenvalue weighted by Gasteiger charge is 2.37. The molecule has 1 saturated heterocycles. The Hall–Kier alpha value is -2.56. The van der Waals surface area contributed by atoms with E-state index in [-0.39, 0.29) is 24.1 Å². The van der Waals surface area contributed by atoms with Crippen LogP contribution in [0.15, 0.2) is 30.7 Å². The number of hydrogen-bond acceptors (Lipinski definition) is 3. The second-order valence-electron chi connectivity index (χ2n) is 5.89. The maximum atomic E-state index is 13.0. The van der Waals surface area contributed by atoms with E-state index in [1.54, 1.807) is 0 Å². The quantitative estimate of drug-likeness (QED) is 0.816. The van der Waals surface area contributed by atoms with E-state index in [1.807, 2.05) is 0 Å². The molecule has 0 spiro atoms. The van der Waals surface area contributed by atoms with Crippen LogP contribution in [0.2, 0.25) is 0 Å². The molecule has 5 nitrogen and oxygen atoms in total. The van der Waals surface area contributed by atoms with Crippen molar-refractivity contribution in [3.63, 3.8) is 0 Å². The Labute approximate surface area is 148 Å². The number of ether oxygens (including phenoxy) is 1. The molecule has 1 fully saturated rings. The first-order valence-corrected chi connectivity index (χ1v) is 7.76. The molecule has 0 radical (unpaired) electrons. The van der Waals surface area contributed by atoms with Crippen LogP contribution in [0.25, 0.3) is 5.69 Å². The van der Waals surface area contributed by atoms with Gasteiger partial charge in [-0.25, -0.2) is 4.98 Å². The summed E-state index contributed by atoms with van der Waals surface area (Å²) >= 11 is 0. The number of hydrogen-bond donors (Lipinski definition) is 1. The van der Waals surface area contributed by atoms with Gasteiger partial charge in [0.05, 0.1) is 29.8 Å². The molecular formula is C16H13F6N3O2. The molecule has 1 aromatic carbocycles. The van der Waals surface area contributed by atoms with Crippen molar-refractivity contribution in [3.05, 3.63) is 47.5 Å². The van der Waals surface area contributed by atoms with Crippen molar-refractivity contribution in [2.75, 3.05) is 13.2 Å².